The van der Waals surface area contributed by atoms with Gasteiger partial charge >= 0.3 is 12.2 Å². The van der Waals surface area contributed by atoms with Gasteiger partial charge in [0.05, 0.1) is 5.92 Å². The zero-order valence-electron chi connectivity index (χ0n) is 7.51. The third-order valence-corrected chi connectivity index (χ3v) is 3.29. The largest absolute Gasteiger partial charge is 0.395 e. The maximum atomic E-state index is 12.7. The van der Waals surface area contributed by atoms with E-state index in [-0.39, 0.29) is 17.8 Å². The van der Waals surface area contributed by atoms with E-state index in [0.717, 1.165) is 0 Å². The van der Waals surface area contributed by atoms with Crippen LogP contribution in [0.15, 0.2) is 0 Å². The first kappa shape index (κ1) is 11.0. The summed E-state index contributed by atoms with van der Waals surface area (Å²) in [5.41, 5.74) is 4.57. The Morgan fingerprint density at radius 3 is 2.73 bits per heavy atom. The highest BCUT2D eigenvalue weighted by molar-refractivity contribution is 9.09. The number of halogens is 4. The van der Waals surface area contributed by atoms with Crippen LogP contribution in [0.1, 0.15) is 6.42 Å². The Balaban J connectivity index is 2.21. The Kier molecular flexibility index (Phi) is 2.58. The molecule has 0 spiro atoms. The van der Waals surface area contributed by atoms with Gasteiger partial charge in [-0.15, -0.1) is 0 Å². The molecule has 0 bridgehead atoms. The Bertz CT molecular complexity index is 285. The van der Waals surface area contributed by atoms with Gasteiger partial charge in [0, 0.05) is 11.4 Å². The molecule has 8 heteroatoms. The van der Waals surface area contributed by atoms with Crippen molar-refractivity contribution in [2.24, 2.45) is 5.92 Å². The van der Waals surface area contributed by atoms with Gasteiger partial charge in [-0.1, -0.05) is 15.9 Å². The molecule has 0 aliphatic carbocycles. The summed E-state index contributed by atoms with van der Waals surface area (Å²) in [6.07, 6.45) is -5.30. The number of carbonyl (C=O) groups excluding carboxylic acids is 1. The highest BCUT2D eigenvalue weighted by Gasteiger charge is 2.53. The van der Waals surface area contributed by atoms with Crippen LogP contribution in [0.5, 0.6) is 0 Å². The molecule has 2 amide bonds. The van der Waals surface area contributed by atoms with Crippen LogP contribution >= 0.6 is 15.9 Å². The van der Waals surface area contributed by atoms with Crippen molar-refractivity contribution in [3.8, 4) is 0 Å². The molecular weight excluding hydrogens is 279 g/mol. The highest BCUT2D eigenvalue weighted by Crippen LogP contribution is 2.39. The van der Waals surface area contributed by atoms with Gasteiger partial charge < -0.3 is 4.90 Å². The number of carbonyl (C=O) groups is 1. The quantitative estimate of drug-likeness (QED) is 0.658. The molecule has 2 aliphatic rings. The Morgan fingerprint density at radius 1 is 1.47 bits per heavy atom. The molecule has 0 aromatic rings. The van der Waals surface area contributed by atoms with Crippen molar-refractivity contribution in [1.82, 2.24) is 15.8 Å². The van der Waals surface area contributed by atoms with Crippen LogP contribution in [0.4, 0.5) is 18.0 Å². The summed E-state index contributed by atoms with van der Waals surface area (Å²) in [5, 5.41) is 0. The maximum Gasteiger partial charge on any atom is 0.395 e. The van der Waals surface area contributed by atoms with Crippen molar-refractivity contribution < 1.29 is 18.0 Å². The lowest BCUT2D eigenvalue weighted by Gasteiger charge is -2.38. The van der Waals surface area contributed by atoms with Gasteiger partial charge in [0.2, 0.25) is 0 Å². The molecule has 0 aromatic heterocycles. The first-order chi connectivity index (χ1) is 6.89. The number of fused-ring (bicyclic) bond motifs is 1. The third-order valence-electron chi connectivity index (χ3n) is 2.63. The number of amides is 2. The summed E-state index contributed by atoms with van der Waals surface area (Å²) < 4.78 is 38.0. The Labute approximate surface area is 92.3 Å². The van der Waals surface area contributed by atoms with Crippen LogP contribution in [-0.4, -0.2) is 34.6 Å². The van der Waals surface area contributed by atoms with E-state index in [1.807, 2.05) is 0 Å². The number of nitrogens with one attached hydrogen (secondary N) is 2. The normalized spacial score (nSPS) is 36.4. The van der Waals surface area contributed by atoms with Crippen LogP contribution in [0.3, 0.4) is 0 Å². The Hall–Kier alpha value is -0.500. The molecule has 15 heavy (non-hydrogen) atoms. The molecule has 0 radical (unpaired) electrons. The highest BCUT2D eigenvalue weighted by atomic mass is 79.9. The van der Waals surface area contributed by atoms with Crippen LogP contribution in [-0.2, 0) is 0 Å². The fourth-order valence-corrected chi connectivity index (χ4v) is 2.65. The van der Waals surface area contributed by atoms with Crippen LogP contribution in [0.2, 0.25) is 0 Å². The Morgan fingerprint density at radius 2 is 2.13 bits per heavy atom. The van der Waals surface area contributed by atoms with Crippen molar-refractivity contribution in [3.05, 3.63) is 0 Å². The number of nitrogens with zero attached hydrogens (tertiary/aromatic N) is 1. The van der Waals surface area contributed by atoms with Crippen molar-refractivity contribution in [2.75, 3.05) is 6.54 Å². The molecule has 3 atom stereocenters. The van der Waals surface area contributed by atoms with Crippen molar-refractivity contribution in [1.29, 1.82) is 0 Å². The fraction of sp³-hybridized carbons (Fsp3) is 0.857. The molecule has 2 rings (SSSR count). The second-order valence-corrected chi connectivity index (χ2v) is 4.95. The molecule has 0 saturated carbocycles. The first-order valence-corrected chi connectivity index (χ1v) is 5.34. The van der Waals surface area contributed by atoms with Crippen molar-refractivity contribution in [2.45, 2.75) is 23.6 Å². The smallest absolute Gasteiger partial charge is 0.305 e. The molecule has 4 nitrogen and oxygen atoms in total. The SMILES string of the molecule is O=C1NNC2C(C(F)(F)F)CC(Br)CN12. The minimum absolute atomic E-state index is 0.0212. The minimum atomic E-state index is -4.30. The van der Waals surface area contributed by atoms with E-state index in [0.29, 0.717) is 0 Å². The first-order valence-electron chi connectivity index (χ1n) is 4.42. The lowest BCUT2D eigenvalue weighted by atomic mass is 9.94. The van der Waals surface area contributed by atoms with Crippen molar-refractivity contribution >= 4 is 22.0 Å². The van der Waals surface area contributed by atoms with Gasteiger partial charge in [0.1, 0.15) is 6.17 Å². The van der Waals surface area contributed by atoms with E-state index in [9.17, 15) is 18.0 Å². The lowest BCUT2D eigenvalue weighted by Crippen LogP contribution is -2.55. The minimum Gasteiger partial charge on any atom is -0.305 e. The number of hydrogen-bond acceptors (Lipinski definition) is 2. The molecule has 0 aromatic carbocycles. The third kappa shape index (κ3) is 1.92. The van der Waals surface area contributed by atoms with Crippen LogP contribution in [0, 0.1) is 5.92 Å². The zero-order valence-corrected chi connectivity index (χ0v) is 9.10. The summed E-state index contributed by atoms with van der Waals surface area (Å²) in [6.45, 7) is 0.288. The number of hydrogen-bond donors (Lipinski definition) is 2. The van der Waals surface area contributed by atoms with E-state index >= 15 is 0 Å². The van der Waals surface area contributed by atoms with E-state index in [1.54, 1.807) is 0 Å². The van der Waals surface area contributed by atoms with Gasteiger partial charge in [-0.25, -0.2) is 10.2 Å². The zero-order chi connectivity index (χ0) is 11.2. The number of piperidine rings is 1. The van der Waals surface area contributed by atoms with E-state index in [1.165, 1.54) is 4.90 Å². The van der Waals surface area contributed by atoms with E-state index in [2.05, 4.69) is 26.8 Å². The number of rotatable bonds is 0. The van der Waals surface area contributed by atoms with Crippen molar-refractivity contribution in [3.63, 3.8) is 0 Å². The van der Waals surface area contributed by atoms with E-state index < -0.39 is 24.3 Å². The summed E-state index contributed by atoms with van der Waals surface area (Å²) in [4.78, 5) is 12.0. The molecule has 2 fully saturated rings. The van der Waals surface area contributed by atoms with Gasteiger partial charge in [-0.3, -0.25) is 5.43 Å². The monoisotopic (exact) mass is 287 g/mol. The summed E-state index contributed by atoms with van der Waals surface area (Å²) in [7, 11) is 0. The van der Waals surface area contributed by atoms with Crippen LogP contribution < -0.4 is 10.9 Å². The van der Waals surface area contributed by atoms with Gasteiger partial charge in [-0.05, 0) is 6.42 Å². The number of alkyl halides is 4. The standard InChI is InChI=1S/C7H9BrF3N3O/c8-3-1-4(7(9,10)11)5-12-13-6(15)14(5)2-3/h3-5,12H,1-2H2,(H,13,15). The number of urea groups is 1. The molecule has 2 heterocycles. The second-order valence-electron chi connectivity index (χ2n) is 3.65. The maximum absolute atomic E-state index is 12.7. The lowest BCUT2D eigenvalue weighted by molar-refractivity contribution is -0.197. The molecule has 2 N–H and O–H groups in total. The average molecular weight is 288 g/mol. The summed E-state index contributed by atoms with van der Waals surface area (Å²) in [5.74, 6) is -1.53. The second kappa shape index (κ2) is 3.51. The molecular formula is C7H9BrF3N3O. The van der Waals surface area contributed by atoms with Gasteiger partial charge in [-0.2, -0.15) is 13.2 Å². The molecule has 86 valence electrons. The summed E-state index contributed by atoms with van der Waals surface area (Å²) in [6, 6.07) is -0.501. The molecule has 2 aliphatic heterocycles. The summed E-state index contributed by atoms with van der Waals surface area (Å²) >= 11 is 3.14. The fourth-order valence-electron chi connectivity index (χ4n) is 1.93. The average Bonchev–Trinajstić information content (AvgIpc) is 2.45. The van der Waals surface area contributed by atoms with E-state index in [4.69, 9.17) is 0 Å². The van der Waals surface area contributed by atoms with Gasteiger partial charge in [0.15, 0.2) is 0 Å². The van der Waals surface area contributed by atoms with Gasteiger partial charge in [0.25, 0.3) is 0 Å². The molecule has 2 saturated heterocycles. The predicted octanol–water partition coefficient (Wildman–Crippen LogP) is 1.19. The van der Waals surface area contributed by atoms with Crippen LogP contribution in [0.25, 0.3) is 0 Å². The number of hydrazine groups is 1. The topological polar surface area (TPSA) is 44.4 Å². The predicted molar refractivity (Wildman–Crippen MR) is 49.0 cm³/mol. The molecule has 3 unspecified atom stereocenters.